The Kier molecular flexibility index (Phi) is 6.87. The van der Waals surface area contributed by atoms with Crippen LogP contribution >= 0.6 is 24.0 Å². The summed E-state index contributed by atoms with van der Waals surface area (Å²) >= 11 is 6.60. The maximum Gasteiger partial charge on any atom is 0.416 e. The molecule has 3 aromatic carbocycles. The van der Waals surface area contributed by atoms with E-state index in [9.17, 15) is 28.1 Å². The Morgan fingerprint density at radius 2 is 1.75 bits per heavy atom. The van der Waals surface area contributed by atoms with Crippen LogP contribution in [0.5, 0.6) is 11.5 Å². The fourth-order valence-electron chi connectivity index (χ4n) is 3.56. The number of nitrogens with zero attached hydrogens (tertiary/aromatic N) is 2. The van der Waals surface area contributed by atoms with Crippen LogP contribution < -0.4 is 9.64 Å². The molecule has 0 aliphatic carbocycles. The van der Waals surface area contributed by atoms with Crippen molar-refractivity contribution in [1.82, 2.24) is 0 Å². The van der Waals surface area contributed by atoms with E-state index >= 15 is 0 Å². The van der Waals surface area contributed by atoms with E-state index in [1.54, 1.807) is 18.2 Å². The molecule has 0 N–H and O–H groups in total. The quantitative estimate of drug-likeness (QED) is 0.148. The van der Waals surface area contributed by atoms with Crippen LogP contribution in [0.15, 0.2) is 65.6 Å². The van der Waals surface area contributed by atoms with Crippen LogP contribution in [-0.2, 0) is 11.0 Å². The molecular formula is C25H17F3N2O4S2. The van der Waals surface area contributed by atoms with E-state index < -0.39 is 22.4 Å². The fourth-order valence-corrected chi connectivity index (χ4v) is 4.85. The largest absolute Gasteiger partial charge is 0.450 e. The van der Waals surface area contributed by atoms with Crippen molar-refractivity contribution in [1.29, 1.82) is 0 Å². The van der Waals surface area contributed by atoms with Gasteiger partial charge in [0.15, 0.2) is 4.32 Å². The SMILES string of the molecule is Cc1ccc(N2C(=O)/C(=C\c3ccc(Oc4ccc(C(F)(F)F)cc4[N+](=O)[O-])cc3)SC2=S)c(C)c1. The number of thiocarbonyl (C=S) groups is 1. The third kappa shape index (κ3) is 5.26. The Morgan fingerprint density at radius 3 is 2.36 bits per heavy atom. The molecule has 0 spiro atoms. The van der Waals surface area contributed by atoms with Crippen molar-refractivity contribution in [3.05, 3.63) is 97.9 Å². The molecule has 1 aliphatic heterocycles. The van der Waals surface area contributed by atoms with E-state index in [-0.39, 0.29) is 17.4 Å². The molecule has 0 bridgehead atoms. The monoisotopic (exact) mass is 530 g/mol. The summed E-state index contributed by atoms with van der Waals surface area (Å²) in [4.78, 5) is 25.3. The number of rotatable bonds is 5. The lowest BCUT2D eigenvalue weighted by atomic mass is 10.1. The van der Waals surface area contributed by atoms with Crippen molar-refractivity contribution >= 4 is 51.7 Å². The van der Waals surface area contributed by atoms with Crippen LogP contribution in [0.4, 0.5) is 24.5 Å². The van der Waals surface area contributed by atoms with E-state index in [2.05, 4.69) is 0 Å². The van der Waals surface area contributed by atoms with Crippen LogP contribution in [0.1, 0.15) is 22.3 Å². The van der Waals surface area contributed by atoms with E-state index in [1.807, 2.05) is 32.0 Å². The normalized spacial score (nSPS) is 15.0. The Balaban J connectivity index is 1.54. The number of amides is 1. The van der Waals surface area contributed by atoms with Gasteiger partial charge in [-0.1, -0.05) is 53.8 Å². The summed E-state index contributed by atoms with van der Waals surface area (Å²) in [6.45, 7) is 3.87. The third-order valence-electron chi connectivity index (χ3n) is 5.28. The van der Waals surface area contributed by atoms with Crippen molar-refractivity contribution in [2.24, 2.45) is 0 Å². The number of hydrogen-bond donors (Lipinski definition) is 0. The number of aryl methyl sites for hydroxylation is 2. The fraction of sp³-hybridized carbons (Fsp3) is 0.120. The highest BCUT2D eigenvalue weighted by atomic mass is 32.2. The molecule has 1 aliphatic rings. The summed E-state index contributed by atoms with van der Waals surface area (Å²) < 4.78 is 44.6. The summed E-state index contributed by atoms with van der Waals surface area (Å²) in [6.07, 6.45) is -3.06. The molecule has 0 aromatic heterocycles. The van der Waals surface area contributed by atoms with Crippen LogP contribution in [0.2, 0.25) is 0 Å². The second kappa shape index (κ2) is 9.75. The van der Waals surface area contributed by atoms with E-state index in [0.29, 0.717) is 32.6 Å². The lowest BCUT2D eigenvalue weighted by molar-refractivity contribution is -0.385. The van der Waals surface area contributed by atoms with E-state index in [4.69, 9.17) is 17.0 Å². The van der Waals surface area contributed by atoms with Gasteiger partial charge in [0.25, 0.3) is 5.91 Å². The molecular weight excluding hydrogens is 513 g/mol. The second-order valence-electron chi connectivity index (χ2n) is 7.92. The Bertz CT molecular complexity index is 1420. The molecule has 0 radical (unpaired) electrons. The van der Waals surface area contributed by atoms with Gasteiger partial charge < -0.3 is 4.74 Å². The number of anilines is 1. The number of alkyl halides is 3. The van der Waals surface area contributed by atoms with Crippen LogP contribution in [0, 0.1) is 24.0 Å². The number of carbonyl (C=O) groups excluding carboxylic acids is 1. The summed E-state index contributed by atoms with van der Waals surface area (Å²) in [5.41, 5.74) is 1.41. The minimum atomic E-state index is -4.72. The van der Waals surface area contributed by atoms with Crippen molar-refractivity contribution in [2.75, 3.05) is 4.90 Å². The summed E-state index contributed by atoms with van der Waals surface area (Å²) in [5, 5.41) is 11.3. The number of nitro groups is 1. The summed E-state index contributed by atoms with van der Waals surface area (Å²) in [7, 11) is 0. The molecule has 1 saturated heterocycles. The molecule has 184 valence electrons. The lowest BCUT2D eigenvalue weighted by Gasteiger charge is -2.17. The number of carbonyl (C=O) groups is 1. The number of nitro benzene ring substituents is 1. The molecule has 0 atom stereocenters. The molecule has 36 heavy (non-hydrogen) atoms. The van der Waals surface area contributed by atoms with Gasteiger partial charge in [0.2, 0.25) is 5.75 Å². The van der Waals surface area contributed by atoms with E-state index in [1.165, 1.54) is 28.8 Å². The van der Waals surface area contributed by atoms with Crippen molar-refractivity contribution < 1.29 is 27.6 Å². The molecule has 4 rings (SSSR count). The summed E-state index contributed by atoms with van der Waals surface area (Å²) in [5.74, 6) is -0.398. The third-order valence-corrected chi connectivity index (χ3v) is 6.58. The Labute approximate surface area is 213 Å². The molecule has 0 unspecified atom stereocenters. The van der Waals surface area contributed by atoms with Gasteiger partial charge in [-0.3, -0.25) is 19.8 Å². The first-order chi connectivity index (χ1) is 16.9. The van der Waals surface area contributed by atoms with Gasteiger partial charge in [0, 0.05) is 6.07 Å². The molecule has 6 nitrogen and oxygen atoms in total. The first-order valence-electron chi connectivity index (χ1n) is 10.4. The number of benzene rings is 3. The molecule has 3 aromatic rings. The van der Waals surface area contributed by atoms with Gasteiger partial charge in [0.1, 0.15) is 5.75 Å². The number of ether oxygens (including phenoxy) is 1. The average Bonchev–Trinajstić information content (AvgIpc) is 3.07. The van der Waals surface area contributed by atoms with Gasteiger partial charge >= 0.3 is 11.9 Å². The molecule has 1 fully saturated rings. The van der Waals surface area contributed by atoms with Gasteiger partial charge in [-0.05, 0) is 61.4 Å². The minimum absolute atomic E-state index is 0.179. The van der Waals surface area contributed by atoms with Crippen molar-refractivity contribution in [3.63, 3.8) is 0 Å². The predicted molar refractivity (Wildman–Crippen MR) is 136 cm³/mol. The first-order valence-corrected chi connectivity index (χ1v) is 11.7. The standard InChI is InChI=1S/C25H17F3N2O4S2/c1-14-3-9-19(15(2)11-14)29-23(31)22(36-24(29)35)12-16-4-7-18(8-5-16)34-21-10-6-17(25(26,27)28)13-20(21)30(32)33/h3-13H,1-2H3/b22-12+. The van der Waals surface area contributed by atoms with Gasteiger partial charge in [-0.25, -0.2) is 0 Å². The minimum Gasteiger partial charge on any atom is -0.450 e. The molecule has 11 heteroatoms. The van der Waals surface area contributed by atoms with Crippen LogP contribution in [0.25, 0.3) is 6.08 Å². The van der Waals surface area contributed by atoms with Crippen molar-refractivity contribution in [2.45, 2.75) is 20.0 Å². The molecule has 1 amide bonds. The predicted octanol–water partition coefficient (Wildman–Crippen LogP) is 7.43. The average molecular weight is 531 g/mol. The summed E-state index contributed by atoms with van der Waals surface area (Å²) in [6, 6.07) is 14.0. The maximum atomic E-state index is 13.0. The molecule has 0 saturated carbocycles. The Morgan fingerprint density at radius 1 is 1.06 bits per heavy atom. The maximum absolute atomic E-state index is 13.0. The van der Waals surface area contributed by atoms with Crippen molar-refractivity contribution in [3.8, 4) is 11.5 Å². The highest BCUT2D eigenvalue weighted by Gasteiger charge is 2.35. The Hall–Kier alpha value is -3.70. The lowest BCUT2D eigenvalue weighted by Crippen LogP contribution is -2.28. The number of hydrogen-bond acceptors (Lipinski definition) is 6. The van der Waals surface area contributed by atoms with Crippen LogP contribution in [-0.4, -0.2) is 15.2 Å². The number of halogens is 3. The first kappa shape index (κ1) is 25.4. The zero-order chi connectivity index (χ0) is 26.2. The highest BCUT2D eigenvalue weighted by molar-refractivity contribution is 8.27. The van der Waals surface area contributed by atoms with Crippen LogP contribution in [0.3, 0.4) is 0 Å². The second-order valence-corrected chi connectivity index (χ2v) is 9.59. The highest BCUT2D eigenvalue weighted by Crippen LogP contribution is 2.39. The number of thioether (sulfide) groups is 1. The zero-order valence-electron chi connectivity index (χ0n) is 18.8. The van der Waals surface area contributed by atoms with Gasteiger partial charge in [0.05, 0.1) is 21.1 Å². The van der Waals surface area contributed by atoms with Gasteiger partial charge in [-0.15, -0.1) is 0 Å². The topological polar surface area (TPSA) is 72.7 Å². The van der Waals surface area contributed by atoms with E-state index in [0.717, 1.165) is 17.2 Å². The van der Waals surface area contributed by atoms with Gasteiger partial charge in [-0.2, -0.15) is 13.2 Å². The molecule has 1 heterocycles. The smallest absolute Gasteiger partial charge is 0.416 e. The zero-order valence-corrected chi connectivity index (χ0v) is 20.5.